The van der Waals surface area contributed by atoms with Gasteiger partial charge in [0, 0.05) is 31.4 Å². The van der Waals surface area contributed by atoms with Crippen LogP contribution < -0.4 is 0 Å². The Kier molecular flexibility index (Phi) is 19.5. The normalized spacial score (nSPS) is 13.8. The number of hydrogen-bond donors (Lipinski definition) is 1. The lowest BCUT2D eigenvalue weighted by molar-refractivity contribution is 0.121. The van der Waals surface area contributed by atoms with Gasteiger partial charge < -0.3 is 5.11 Å². The van der Waals surface area contributed by atoms with Crippen LogP contribution in [0.5, 0.6) is 0 Å². The zero-order valence-corrected chi connectivity index (χ0v) is 61.0. The largest absolute Gasteiger partial charge is 0.374 e. The van der Waals surface area contributed by atoms with E-state index in [1.54, 1.807) is 6.20 Å². The summed E-state index contributed by atoms with van der Waals surface area (Å²) in [5, 5.41) is 12.7. The van der Waals surface area contributed by atoms with E-state index in [2.05, 4.69) is 335 Å². The molecule has 10 aromatic rings. The van der Waals surface area contributed by atoms with Gasteiger partial charge in [-0.25, -0.2) is 0 Å². The molecule has 0 amide bonds. The third kappa shape index (κ3) is 14.4. The lowest BCUT2D eigenvalue weighted by atomic mass is 9.68. The van der Waals surface area contributed by atoms with Gasteiger partial charge in [0.15, 0.2) is 5.60 Å². The van der Waals surface area contributed by atoms with E-state index >= 15 is 0 Å². The molecule has 0 bridgehead atoms. The highest BCUT2D eigenvalue weighted by Gasteiger charge is 2.48. The first-order valence-corrected chi connectivity index (χ1v) is 33.9. The summed E-state index contributed by atoms with van der Waals surface area (Å²) < 4.78 is 3.15. The number of aliphatic hydroxyl groups is 1. The van der Waals surface area contributed by atoms with Gasteiger partial charge in [-0.05, 0) is 176 Å². The van der Waals surface area contributed by atoms with E-state index in [4.69, 9.17) is 4.98 Å². The fourth-order valence-corrected chi connectivity index (χ4v) is 13.5. The fourth-order valence-electron chi connectivity index (χ4n) is 12.1. The Morgan fingerprint density at radius 3 is 1.14 bits per heavy atom. The number of fused-ring (bicyclic) bond motifs is 3. The second-order valence-corrected chi connectivity index (χ2v) is 33.2. The maximum absolute atomic E-state index is 12.7. The molecule has 1 atom stereocenters. The Morgan fingerprint density at radius 2 is 0.722 bits per heavy atom. The number of nitrogens with zero attached hydrogens (tertiary/aromatic N) is 2. The average Bonchev–Trinajstić information content (AvgIpc) is 1.51. The smallest absolute Gasteiger partial charge is 0.157 e. The first-order chi connectivity index (χ1) is 42.0. The van der Waals surface area contributed by atoms with Crippen molar-refractivity contribution < 1.29 is 5.11 Å². The summed E-state index contributed by atoms with van der Waals surface area (Å²) >= 11 is 11.1. The van der Waals surface area contributed by atoms with E-state index in [1.165, 1.54) is 71.2 Å². The third-order valence-electron chi connectivity index (χ3n) is 17.7. The molecular formula is C84H91Br3N2O. The maximum Gasteiger partial charge on any atom is 0.157 e. The van der Waals surface area contributed by atoms with Gasteiger partial charge in [-0.1, -0.05) is 324 Å². The van der Waals surface area contributed by atoms with E-state index < -0.39 is 11.0 Å². The van der Waals surface area contributed by atoms with Gasteiger partial charge in [0.05, 0.1) is 16.8 Å². The van der Waals surface area contributed by atoms with E-state index in [1.807, 2.05) is 54.7 Å². The highest BCUT2D eigenvalue weighted by molar-refractivity contribution is 9.11. The van der Waals surface area contributed by atoms with E-state index in [0.717, 1.165) is 42.5 Å². The van der Waals surface area contributed by atoms with Crippen molar-refractivity contribution in [3.8, 4) is 33.4 Å². The van der Waals surface area contributed by atoms with Crippen LogP contribution in [0.4, 0.5) is 0 Å². The van der Waals surface area contributed by atoms with Gasteiger partial charge in [-0.15, -0.1) is 0 Å². The van der Waals surface area contributed by atoms with Crippen LogP contribution in [-0.4, -0.2) is 15.1 Å². The van der Waals surface area contributed by atoms with Crippen molar-refractivity contribution in [2.45, 2.75) is 168 Å². The van der Waals surface area contributed by atoms with Crippen LogP contribution in [0.15, 0.2) is 232 Å². The minimum Gasteiger partial charge on any atom is -0.374 e. The molecule has 1 N–H and O–H groups in total. The molecule has 0 fully saturated rings. The summed E-state index contributed by atoms with van der Waals surface area (Å²) in [6.45, 7) is 40.4. The second kappa shape index (κ2) is 25.9. The monoisotopic (exact) mass is 1380 g/mol. The van der Waals surface area contributed by atoms with E-state index in [-0.39, 0.29) is 32.5 Å². The van der Waals surface area contributed by atoms with Crippen LogP contribution in [0, 0.1) is 0 Å². The van der Waals surface area contributed by atoms with Gasteiger partial charge in [0.1, 0.15) is 0 Å². The molecule has 2 heterocycles. The quantitative estimate of drug-likeness (QED) is 0.173. The third-order valence-corrected chi connectivity index (χ3v) is 19.3. The summed E-state index contributed by atoms with van der Waals surface area (Å²) in [5.74, 6) is 0. The van der Waals surface area contributed by atoms with Crippen LogP contribution in [0.2, 0.25) is 0 Å². The molecule has 0 spiro atoms. The molecule has 3 nitrogen and oxygen atoms in total. The summed E-state index contributed by atoms with van der Waals surface area (Å²) in [5.41, 5.74) is 20.7. The SMILES string of the molecule is CC(C)(C)c1ccc(-c2ccc(C(C)(C)C)cc2Br)cc1.CC(C)(C)c1ccc(-c2ccc(C(C)(C)C)cc2C(O)(c2cccc(Br)c2)c2ccccn2)cc1.CC(C)(C)c1ccc2c(c1)C(c1cccc(Br)c1)(c1ccccn1)c1cc(C(C)(C)C)ccc1-2. The van der Waals surface area contributed by atoms with Gasteiger partial charge >= 0.3 is 0 Å². The van der Waals surface area contributed by atoms with Crippen LogP contribution in [0.25, 0.3) is 33.4 Å². The van der Waals surface area contributed by atoms with Crippen LogP contribution in [-0.2, 0) is 43.5 Å². The highest BCUT2D eigenvalue weighted by atomic mass is 79.9. The van der Waals surface area contributed by atoms with Crippen molar-refractivity contribution in [1.29, 1.82) is 0 Å². The topological polar surface area (TPSA) is 46.0 Å². The number of aromatic nitrogens is 2. The van der Waals surface area contributed by atoms with E-state index in [0.29, 0.717) is 5.69 Å². The van der Waals surface area contributed by atoms with Crippen LogP contribution in [0.3, 0.4) is 0 Å². The molecule has 0 saturated heterocycles. The molecular weight excluding hydrogens is 1290 g/mol. The van der Waals surface area contributed by atoms with Crippen LogP contribution >= 0.6 is 47.8 Å². The highest BCUT2D eigenvalue weighted by Crippen LogP contribution is 2.57. The van der Waals surface area contributed by atoms with Crippen molar-refractivity contribution in [3.63, 3.8) is 0 Å². The predicted molar refractivity (Wildman–Crippen MR) is 393 cm³/mol. The number of halogens is 3. The van der Waals surface area contributed by atoms with E-state index in [9.17, 15) is 5.11 Å². The van der Waals surface area contributed by atoms with Gasteiger partial charge in [-0.3, -0.25) is 9.97 Å². The lowest BCUT2D eigenvalue weighted by Crippen LogP contribution is -2.31. The molecule has 0 saturated carbocycles. The van der Waals surface area contributed by atoms with Crippen LogP contribution in [0.1, 0.15) is 197 Å². The summed E-state index contributed by atoms with van der Waals surface area (Å²) in [7, 11) is 0. The zero-order chi connectivity index (χ0) is 65.6. The molecule has 0 aliphatic heterocycles. The van der Waals surface area contributed by atoms with Gasteiger partial charge in [-0.2, -0.15) is 0 Å². The predicted octanol–water partition coefficient (Wildman–Crippen LogP) is 23.9. The molecule has 6 heteroatoms. The second-order valence-electron chi connectivity index (χ2n) is 30.5. The Hall–Kier alpha value is -6.54. The lowest BCUT2D eigenvalue weighted by Gasteiger charge is -2.34. The van der Waals surface area contributed by atoms with Crippen molar-refractivity contribution in [1.82, 2.24) is 9.97 Å². The minimum atomic E-state index is -1.44. The molecule has 1 unspecified atom stereocenters. The Labute approximate surface area is 564 Å². The molecule has 2 aromatic heterocycles. The molecule has 1 aliphatic carbocycles. The fraction of sp³-hybridized carbons (Fsp3) is 0.310. The average molecular weight is 1380 g/mol. The summed E-state index contributed by atoms with van der Waals surface area (Å²) in [6, 6.07) is 73.6. The molecule has 8 aromatic carbocycles. The van der Waals surface area contributed by atoms with Crippen molar-refractivity contribution in [3.05, 3.63) is 305 Å². The summed E-state index contributed by atoms with van der Waals surface area (Å²) in [4.78, 5) is 9.65. The maximum atomic E-state index is 12.7. The zero-order valence-electron chi connectivity index (χ0n) is 56.3. The minimum absolute atomic E-state index is 0.0491. The Bertz CT molecular complexity index is 4080. The first-order valence-electron chi connectivity index (χ1n) is 31.6. The number of hydrogen-bond acceptors (Lipinski definition) is 3. The van der Waals surface area contributed by atoms with Gasteiger partial charge in [0.2, 0.25) is 0 Å². The molecule has 90 heavy (non-hydrogen) atoms. The number of benzene rings is 8. The molecule has 464 valence electrons. The number of pyridine rings is 2. The molecule has 11 rings (SSSR count). The Morgan fingerprint density at radius 1 is 0.322 bits per heavy atom. The van der Waals surface area contributed by atoms with Crippen molar-refractivity contribution in [2.24, 2.45) is 0 Å². The molecule has 1 aliphatic rings. The van der Waals surface area contributed by atoms with Crippen molar-refractivity contribution >= 4 is 47.8 Å². The summed E-state index contributed by atoms with van der Waals surface area (Å²) in [6.07, 6.45) is 3.66. The number of rotatable bonds is 7. The standard InChI is InChI=1S/C32H34BrNO.C32H32BrN.C20H25Br/c1-30(2,3)23-15-13-22(14-16-23)27-18-17-24(31(4,5)6)21-28(27)32(35,29-12-7-8-19-34-29)25-10-9-11-26(33)20-25;1-30(2,3)21-13-15-25-26-16-14-22(31(4,5)6)20-28(26)32(27(25)19-21,29-12-7-8-17-34-29)23-10-9-11-24(33)18-23;1-19(2,3)15-9-7-14(8-10-15)17-12-11-16(13-18(17)21)20(4,5)6/h7-21,35H,1-6H3;7-20H,1-6H3;7-13H,1-6H3. The molecule has 0 radical (unpaired) electrons. The Balaban J connectivity index is 0.000000165. The van der Waals surface area contributed by atoms with Crippen molar-refractivity contribution in [2.75, 3.05) is 0 Å². The first kappa shape index (κ1) is 67.8. The van der Waals surface area contributed by atoms with Gasteiger partial charge in [0.25, 0.3) is 0 Å².